The average Bonchev–Trinajstić information content (AvgIpc) is 3.43. The number of methoxy groups -OCH3 is 1. The van der Waals surface area contributed by atoms with Gasteiger partial charge in [0.2, 0.25) is 5.91 Å². The molecule has 1 fully saturated rings. The topological polar surface area (TPSA) is 95.1 Å². The average molecular weight is 570 g/mol. The molecule has 1 amide bonds. The first-order chi connectivity index (χ1) is 19.2. The van der Waals surface area contributed by atoms with Gasteiger partial charge in [-0.2, -0.15) is 0 Å². The van der Waals surface area contributed by atoms with Gasteiger partial charge in [-0.1, -0.05) is 30.3 Å². The maximum absolute atomic E-state index is 14.2. The van der Waals surface area contributed by atoms with E-state index in [0.29, 0.717) is 47.4 Å². The molecule has 0 saturated carbocycles. The van der Waals surface area contributed by atoms with Crippen LogP contribution in [0.1, 0.15) is 18.0 Å². The number of benzene rings is 2. The number of hydroxylamine groups is 1. The number of nitrogens with one attached hydrogen (secondary N) is 2. The van der Waals surface area contributed by atoms with Crippen molar-refractivity contribution < 1.29 is 18.8 Å². The summed E-state index contributed by atoms with van der Waals surface area (Å²) in [5, 5.41) is 7.82. The molecule has 4 rings (SSSR count). The normalized spacial score (nSPS) is 14.8. The molecule has 2 heterocycles. The summed E-state index contributed by atoms with van der Waals surface area (Å²) in [6.07, 6.45) is 3.23. The van der Waals surface area contributed by atoms with Crippen LogP contribution >= 0.6 is 11.6 Å². The van der Waals surface area contributed by atoms with E-state index in [2.05, 4.69) is 32.1 Å². The van der Waals surface area contributed by atoms with Crippen molar-refractivity contribution in [1.29, 1.82) is 0 Å². The second-order valence-electron chi connectivity index (χ2n) is 9.48. The summed E-state index contributed by atoms with van der Waals surface area (Å²) in [7, 11) is 7.52. The lowest BCUT2D eigenvalue weighted by atomic mass is 10.0. The molecule has 1 saturated heterocycles. The van der Waals surface area contributed by atoms with Gasteiger partial charge in [0.15, 0.2) is 5.82 Å². The standard InChI is InChI=1S/C28H33ClFN7O3/c1-6-27(38)34-20-14-21(24(39-5)15-23(20)36(4)12-11-35(2)3)33-25-16-26(32-17-31-25)37-22(10-13-40-37)18-8-7-9-19(30)28(18)29/h6-9,14-17,22H,1,10-13H2,2-5H3,(H,34,38)(H,31,32,33)/t22-/m1/s1. The maximum atomic E-state index is 14.2. The number of carbonyl (C=O) groups excluding carboxylic acids is 1. The molecule has 1 atom stereocenters. The number of anilines is 5. The van der Waals surface area contributed by atoms with Gasteiger partial charge < -0.3 is 25.2 Å². The summed E-state index contributed by atoms with van der Waals surface area (Å²) in [5.41, 5.74) is 2.55. The molecule has 0 spiro atoms. The molecule has 212 valence electrons. The quantitative estimate of drug-likeness (QED) is 0.308. The van der Waals surface area contributed by atoms with Crippen molar-refractivity contribution in [2.75, 3.05) is 68.5 Å². The van der Waals surface area contributed by atoms with E-state index in [-0.39, 0.29) is 17.0 Å². The van der Waals surface area contributed by atoms with Crippen LogP contribution in [-0.4, -0.2) is 68.7 Å². The predicted octanol–water partition coefficient (Wildman–Crippen LogP) is 5.03. The number of hydrogen-bond acceptors (Lipinski definition) is 9. The molecule has 1 aliphatic heterocycles. The minimum Gasteiger partial charge on any atom is -0.494 e. The third kappa shape index (κ3) is 6.61. The smallest absolute Gasteiger partial charge is 0.247 e. The predicted molar refractivity (Wildman–Crippen MR) is 156 cm³/mol. The van der Waals surface area contributed by atoms with E-state index >= 15 is 0 Å². The number of likely N-dealkylation sites (N-methyl/N-ethyl adjacent to an activating group) is 2. The summed E-state index contributed by atoms with van der Waals surface area (Å²) in [4.78, 5) is 31.0. The second-order valence-corrected chi connectivity index (χ2v) is 9.86. The minimum absolute atomic E-state index is 0.0601. The lowest BCUT2D eigenvalue weighted by Crippen LogP contribution is -2.29. The molecule has 1 aliphatic rings. The van der Waals surface area contributed by atoms with Crippen molar-refractivity contribution in [2.45, 2.75) is 12.5 Å². The minimum atomic E-state index is -0.488. The first-order valence-corrected chi connectivity index (χ1v) is 13.1. The zero-order valence-electron chi connectivity index (χ0n) is 22.9. The number of carbonyl (C=O) groups is 1. The molecule has 1 aromatic heterocycles. The fourth-order valence-corrected chi connectivity index (χ4v) is 4.59. The molecular formula is C28H33ClFN7O3. The molecule has 0 unspecified atom stereocenters. The van der Waals surface area contributed by atoms with Crippen LogP contribution in [0.2, 0.25) is 5.02 Å². The van der Waals surface area contributed by atoms with E-state index in [1.165, 1.54) is 18.5 Å². The molecule has 0 bridgehead atoms. The van der Waals surface area contributed by atoms with Gasteiger partial charge in [-0.3, -0.25) is 9.63 Å². The second kappa shape index (κ2) is 12.9. The van der Waals surface area contributed by atoms with Gasteiger partial charge in [0, 0.05) is 38.7 Å². The maximum Gasteiger partial charge on any atom is 0.247 e. The highest BCUT2D eigenvalue weighted by atomic mass is 35.5. The lowest BCUT2D eigenvalue weighted by Gasteiger charge is -2.26. The van der Waals surface area contributed by atoms with E-state index in [1.54, 1.807) is 36.4 Å². The third-order valence-corrected chi connectivity index (χ3v) is 6.84. The number of halogens is 2. The van der Waals surface area contributed by atoms with Crippen molar-refractivity contribution >= 4 is 46.2 Å². The van der Waals surface area contributed by atoms with Gasteiger partial charge >= 0.3 is 0 Å². The number of ether oxygens (including phenoxy) is 1. The zero-order chi connectivity index (χ0) is 28.8. The van der Waals surface area contributed by atoms with Crippen LogP contribution in [0.25, 0.3) is 0 Å². The first kappa shape index (κ1) is 29.1. The van der Waals surface area contributed by atoms with E-state index in [0.717, 1.165) is 18.8 Å². The van der Waals surface area contributed by atoms with Crippen LogP contribution in [0, 0.1) is 5.82 Å². The van der Waals surface area contributed by atoms with Crippen molar-refractivity contribution in [3.8, 4) is 5.75 Å². The van der Waals surface area contributed by atoms with Crippen LogP contribution in [0.4, 0.5) is 33.1 Å². The van der Waals surface area contributed by atoms with E-state index in [1.807, 2.05) is 32.1 Å². The molecule has 2 N–H and O–H groups in total. The number of aromatic nitrogens is 2. The van der Waals surface area contributed by atoms with E-state index in [9.17, 15) is 9.18 Å². The number of hydrogen-bond donors (Lipinski definition) is 2. The number of rotatable bonds is 11. The van der Waals surface area contributed by atoms with E-state index < -0.39 is 5.82 Å². The fourth-order valence-electron chi connectivity index (χ4n) is 4.34. The molecule has 10 nitrogen and oxygen atoms in total. The van der Waals surface area contributed by atoms with Crippen molar-refractivity contribution in [1.82, 2.24) is 14.9 Å². The van der Waals surface area contributed by atoms with Crippen molar-refractivity contribution in [2.24, 2.45) is 0 Å². The molecule has 0 radical (unpaired) electrons. The lowest BCUT2D eigenvalue weighted by molar-refractivity contribution is -0.111. The Morgan fingerprint density at radius 2 is 2.05 bits per heavy atom. The molecular weight excluding hydrogens is 537 g/mol. The Balaban J connectivity index is 1.65. The molecule has 3 aromatic rings. The fraction of sp³-hybridized carbons (Fsp3) is 0.321. The Morgan fingerprint density at radius 3 is 2.77 bits per heavy atom. The van der Waals surface area contributed by atoms with Crippen LogP contribution in [0.15, 0.2) is 55.4 Å². The molecule has 12 heteroatoms. The Kier molecular flexibility index (Phi) is 9.41. The largest absolute Gasteiger partial charge is 0.494 e. The Hall–Kier alpha value is -3.93. The van der Waals surface area contributed by atoms with E-state index in [4.69, 9.17) is 21.2 Å². The highest BCUT2D eigenvalue weighted by molar-refractivity contribution is 6.31. The van der Waals surface area contributed by atoms with Gasteiger partial charge in [0.1, 0.15) is 23.7 Å². The Bertz CT molecular complexity index is 1370. The number of nitrogens with zero attached hydrogens (tertiary/aromatic N) is 5. The SMILES string of the molecule is C=CC(=O)Nc1cc(Nc2cc(N3OCC[C@@H]3c3cccc(F)c3Cl)ncn2)c(OC)cc1N(C)CCN(C)C. The number of amides is 1. The van der Waals surface area contributed by atoms with Gasteiger partial charge in [0.05, 0.1) is 41.8 Å². The first-order valence-electron chi connectivity index (χ1n) is 12.7. The monoisotopic (exact) mass is 569 g/mol. The van der Waals surface area contributed by atoms with Gasteiger partial charge in [-0.05, 0) is 37.9 Å². The van der Waals surface area contributed by atoms with Crippen LogP contribution in [0.5, 0.6) is 5.75 Å². The van der Waals surface area contributed by atoms with Crippen LogP contribution in [0.3, 0.4) is 0 Å². The Labute approximate surface area is 238 Å². The highest BCUT2D eigenvalue weighted by Crippen LogP contribution is 2.40. The summed E-state index contributed by atoms with van der Waals surface area (Å²) >= 11 is 6.27. The van der Waals surface area contributed by atoms with Crippen molar-refractivity contribution in [3.05, 3.63) is 71.8 Å². The van der Waals surface area contributed by atoms with Gasteiger partial charge in [-0.25, -0.2) is 19.4 Å². The summed E-state index contributed by atoms with van der Waals surface area (Å²) in [5.74, 6) is 0.650. The summed E-state index contributed by atoms with van der Waals surface area (Å²) in [6, 6.07) is 9.75. The van der Waals surface area contributed by atoms with Crippen LogP contribution in [-0.2, 0) is 9.63 Å². The zero-order valence-corrected chi connectivity index (χ0v) is 23.7. The third-order valence-electron chi connectivity index (χ3n) is 6.44. The molecule has 2 aromatic carbocycles. The Morgan fingerprint density at radius 1 is 1.25 bits per heavy atom. The van der Waals surface area contributed by atoms with Gasteiger partial charge in [0.25, 0.3) is 0 Å². The summed E-state index contributed by atoms with van der Waals surface area (Å²) < 4.78 is 19.8. The summed E-state index contributed by atoms with van der Waals surface area (Å²) in [6.45, 7) is 5.53. The molecule has 40 heavy (non-hydrogen) atoms. The molecule has 0 aliphatic carbocycles. The van der Waals surface area contributed by atoms with Crippen LogP contribution < -0.4 is 25.3 Å². The van der Waals surface area contributed by atoms with Gasteiger partial charge in [-0.15, -0.1) is 0 Å². The highest BCUT2D eigenvalue weighted by Gasteiger charge is 2.31. The van der Waals surface area contributed by atoms with Crippen molar-refractivity contribution in [3.63, 3.8) is 0 Å².